The fourth-order valence-corrected chi connectivity index (χ4v) is 1.83. The van der Waals surface area contributed by atoms with Crippen molar-refractivity contribution < 1.29 is 18.7 Å². The maximum Gasteiger partial charge on any atom is 0.338 e. The second-order valence-electron chi connectivity index (χ2n) is 4.39. The molecule has 21 heavy (non-hydrogen) atoms. The molecule has 1 N–H and O–H groups in total. The van der Waals surface area contributed by atoms with Crippen molar-refractivity contribution in [3.63, 3.8) is 0 Å². The summed E-state index contributed by atoms with van der Waals surface area (Å²) < 4.78 is 28.7. The van der Waals surface area contributed by atoms with Crippen molar-refractivity contribution in [1.29, 1.82) is 0 Å². The molecule has 0 fully saturated rings. The van der Waals surface area contributed by atoms with Gasteiger partial charge in [-0.3, -0.25) is 4.79 Å². The summed E-state index contributed by atoms with van der Waals surface area (Å²) in [4.78, 5) is 34.8. The van der Waals surface area contributed by atoms with Crippen LogP contribution in [0.15, 0.2) is 27.8 Å². The first-order valence-corrected chi connectivity index (χ1v) is 5.76. The minimum absolute atomic E-state index is 0.324. The molecule has 0 atom stereocenters. The summed E-state index contributed by atoms with van der Waals surface area (Å²) in [5, 5.41) is 8.83. The van der Waals surface area contributed by atoms with Gasteiger partial charge in [0.05, 0.1) is 11.3 Å². The Morgan fingerprint density at radius 3 is 2.33 bits per heavy atom. The minimum Gasteiger partial charge on any atom is -0.478 e. The molecule has 0 radical (unpaired) electrons. The van der Waals surface area contributed by atoms with Gasteiger partial charge in [0.1, 0.15) is 11.6 Å². The molecule has 1 aromatic heterocycles. The van der Waals surface area contributed by atoms with E-state index in [1.807, 2.05) is 0 Å². The maximum absolute atomic E-state index is 13.8. The Morgan fingerprint density at radius 2 is 1.76 bits per heavy atom. The first kappa shape index (κ1) is 14.6. The number of carboxylic acids is 1. The van der Waals surface area contributed by atoms with Gasteiger partial charge in [-0.05, 0) is 13.0 Å². The van der Waals surface area contributed by atoms with Gasteiger partial charge in [-0.2, -0.15) is 0 Å². The van der Waals surface area contributed by atoms with Crippen LogP contribution in [0.5, 0.6) is 0 Å². The van der Waals surface area contributed by atoms with Crippen LogP contribution in [0.3, 0.4) is 0 Å². The lowest BCUT2D eigenvalue weighted by molar-refractivity contribution is 0.0691. The van der Waals surface area contributed by atoms with Crippen LogP contribution in [-0.4, -0.2) is 20.2 Å². The lowest BCUT2D eigenvalue weighted by Gasteiger charge is -2.11. The Balaban J connectivity index is 2.89. The summed E-state index contributed by atoms with van der Waals surface area (Å²) >= 11 is 0. The number of aromatic carboxylic acids is 1. The molecule has 0 aliphatic rings. The SMILES string of the molecule is Cc1cc(=O)n(-c2cc(C(=O)O)c(F)cc2F)c(=O)n1C. The van der Waals surface area contributed by atoms with E-state index in [2.05, 4.69) is 0 Å². The third-order valence-corrected chi connectivity index (χ3v) is 3.07. The van der Waals surface area contributed by atoms with Gasteiger partial charge in [-0.25, -0.2) is 22.9 Å². The first-order chi connectivity index (χ1) is 9.73. The summed E-state index contributed by atoms with van der Waals surface area (Å²) in [6.07, 6.45) is 0. The van der Waals surface area contributed by atoms with E-state index >= 15 is 0 Å². The molecule has 110 valence electrons. The molecular formula is C13H10F2N2O4. The first-order valence-electron chi connectivity index (χ1n) is 5.76. The molecule has 8 heteroatoms. The number of benzene rings is 1. The van der Waals surface area contributed by atoms with Crippen LogP contribution in [0.2, 0.25) is 0 Å². The largest absolute Gasteiger partial charge is 0.478 e. The van der Waals surface area contributed by atoms with Crippen molar-refractivity contribution in [2.45, 2.75) is 6.92 Å². The van der Waals surface area contributed by atoms with E-state index in [9.17, 15) is 23.2 Å². The lowest BCUT2D eigenvalue weighted by Crippen LogP contribution is -2.38. The zero-order valence-corrected chi connectivity index (χ0v) is 11.1. The standard InChI is InChI=1S/C13H10F2N2O4/c1-6-3-11(18)17(13(21)16(6)2)10-4-7(12(19)20)8(14)5-9(10)15/h3-5H,1-2H3,(H,19,20). The van der Waals surface area contributed by atoms with Crippen LogP contribution in [0.1, 0.15) is 16.1 Å². The molecule has 0 aliphatic carbocycles. The molecule has 0 unspecified atom stereocenters. The number of aryl methyl sites for hydroxylation is 1. The quantitative estimate of drug-likeness (QED) is 0.889. The Kier molecular flexibility index (Phi) is 3.46. The third kappa shape index (κ3) is 2.35. The number of aromatic nitrogens is 2. The average Bonchev–Trinajstić information content (AvgIpc) is 2.38. The molecular weight excluding hydrogens is 286 g/mol. The van der Waals surface area contributed by atoms with Crippen LogP contribution >= 0.6 is 0 Å². The van der Waals surface area contributed by atoms with E-state index in [1.54, 1.807) is 0 Å². The highest BCUT2D eigenvalue weighted by molar-refractivity contribution is 5.88. The summed E-state index contributed by atoms with van der Waals surface area (Å²) in [6, 6.07) is 2.03. The highest BCUT2D eigenvalue weighted by Crippen LogP contribution is 2.17. The van der Waals surface area contributed by atoms with Crippen molar-refractivity contribution >= 4 is 5.97 Å². The van der Waals surface area contributed by atoms with Crippen LogP contribution in [-0.2, 0) is 7.05 Å². The van der Waals surface area contributed by atoms with Gasteiger partial charge in [0.15, 0.2) is 0 Å². The summed E-state index contributed by atoms with van der Waals surface area (Å²) in [5.74, 6) is -4.13. The number of hydrogen-bond donors (Lipinski definition) is 1. The van der Waals surface area contributed by atoms with Crippen LogP contribution in [0, 0.1) is 18.6 Å². The molecule has 0 bridgehead atoms. The monoisotopic (exact) mass is 296 g/mol. The third-order valence-electron chi connectivity index (χ3n) is 3.07. The second-order valence-corrected chi connectivity index (χ2v) is 4.39. The highest BCUT2D eigenvalue weighted by Gasteiger charge is 2.19. The molecule has 2 rings (SSSR count). The summed E-state index contributed by atoms with van der Waals surface area (Å²) in [5.41, 5.74) is -2.79. The normalized spacial score (nSPS) is 10.7. The smallest absolute Gasteiger partial charge is 0.338 e. The number of halogens is 2. The van der Waals surface area contributed by atoms with E-state index in [1.165, 1.54) is 14.0 Å². The second kappa shape index (κ2) is 4.97. The van der Waals surface area contributed by atoms with Crippen molar-refractivity contribution in [2.24, 2.45) is 7.05 Å². The topological polar surface area (TPSA) is 81.3 Å². The lowest BCUT2D eigenvalue weighted by atomic mass is 10.1. The number of carboxylic acid groups (broad SMARTS) is 1. The summed E-state index contributed by atoms with van der Waals surface area (Å²) in [6.45, 7) is 1.51. The van der Waals surface area contributed by atoms with E-state index in [0.29, 0.717) is 22.4 Å². The van der Waals surface area contributed by atoms with Gasteiger partial charge < -0.3 is 9.67 Å². The van der Waals surface area contributed by atoms with Gasteiger partial charge in [0, 0.05) is 24.9 Å². The predicted molar refractivity (Wildman–Crippen MR) is 68.9 cm³/mol. The minimum atomic E-state index is -1.63. The molecule has 0 amide bonds. The van der Waals surface area contributed by atoms with Crippen LogP contribution in [0.25, 0.3) is 5.69 Å². The van der Waals surface area contributed by atoms with Gasteiger partial charge in [-0.15, -0.1) is 0 Å². The van der Waals surface area contributed by atoms with Crippen molar-refractivity contribution in [2.75, 3.05) is 0 Å². The Bertz CT molecular complexity index is 868. The van der Waals surface area contributed by atoms with Crippen LogP contribution in [0.4, 0.5) is 8.78 Å². The molecule has 1 heterocycles. The van der Waals surface area contributed by atoms with Crippen molar-refractivity contribution in [1.82, 2.24) is 9.13 Å². The predicted octanol–water partition coefficient (Wildman–Crippen LogP) is 0.821. The molecule has 1 aromatic carbocycles. The summed E-state index contributed by atoms with van der Waals surface area (Å²) in [7, 11) is 1.37. The molecule has 0 saturated heterocycles. The zero-order chi connectivity index (χ0) is 15.9. The fraction of sp³-hybridized carbons (Fsp3) is 0.154. The van der Waals surface area contributed by atoms with E-state index < -0.39 is 40.1 Å². The molecule has 0 saturated carbocycles. The number of hydrogen-bond acceptors (Lipinski definition) is 3. The Hall–Kier alpha value is -2.77. The van der Waals surface area contributed by atoms with Gasteiger partial charge in [0.25, 0.3) is 5.56 Å². The highest BCUT2D eigenvalue weighted by atomic mass is 19.1. The maximum atomic E-state index is 13.8. The Labute approximate surface area is 116 Å². The van der Waals surface area contributed by atoms with Crippen molar-refractivity contribution in [3.05, 3.63) is 61.9 Å². The number of carbonyl (C=O) groups is 1. The zero-order valence-electron chi connectivity index (χ0n) is 11.1. The number of rotatable bonds is 2. The molecule has 0 aliphatic heterocycles. The van der Waals surface area contributed by atoms with E-state index in [0.717, 1.165) is 10.6 Å². The van der Waals surface area contributed by atoms with E-state index in [-0.39, 0.29) is 0 Å². The fourth-order valence-electron chi connectivity index (χ4n) is 1.83. The van der Waals surface area contributed by atoms with E-state index in [4.69, 9.17) is 5.11 Å². The number of nitrogens with zero attached hydrogens (tertiary/aromatic N) is 2. The molecule has 0 spiro atoms. The van der Waals surface area contributed by atoms with Gasteiger partial charge >= 0.3 is 11.7 Å². The molecule has 2 aromatic rings. The average molecular weight is 296 g/mol. The van der Waals surface area contributed by atoms with Gasteiger partial charge in [-0.1, -0.05) is 0 Å². The Morgan fingerprint density at radius 1 is 1.14 bits per heavy atom. The van der Waals surface area contributed by atoms with Crippen LogP contribution < -0.4 is 11.2 Å². The van der Waals surface area contributed by atoms with Crippen molar-refractivity contribution in [3.8, 4) is 5.69 Å². The van der Waals surface area contributed by atoms with Gasteiger partial charge in [0.2, 0.25) is 0 Å². The molecule has 6 nitrogen and oxygen atoms in total.